The Morgan fingerprint density at radius 3 is 2.65 bits per heavy atom. The Bertz CT molecular complexity index is 416. The quantitative estimate of drug-likeness (QED) is 0.868. The van der Waals surface area contributed by atoms with Gasteiger partial charge in [0.2, 0.25) is 0 Å². The van der Waals surface area contributed by atoms with Gasteiger partial charge in [0.05, 0.1) is 12.7 Å². The molecule has 0 radical (unpaired) electrons. The van der Waals surface area contributed by atoms with E-state index in [1.165, 1.54) is 0 Å². The van der Waals surface area contributed by atoms with Crippen LogP contribution in [-0.4, -0.2) is 23.9 Å². The molecule has 1 N–H and O–H groups in total. The number of hydrogen-bond donors (Lipinski definition) is 1. The highest BCUT2D eigenvalue weighted by atomic mass is 79.9. The third-order valence-corrected chi connectivity index (χ3v) is 3.79. The van der Waals surface area contributed by atoms with E-state index in [9.17, 15) is 4.79 Å². The van der Waals surface area contributed by atoms with Crippen molar-refractivity contribution in [2.75, 3.05) is 12.4 Å². The number of amides is 1. The van der Waals surface area contributed by atoms with E-state index in [-0.39, 0.29) is 11.4 Å². The molecular formula is C13H18BrNO2. The maximum absolute atomic E-state index is 12.1. The second kappa shape index (κ2) is 5.54. The van der Waals surface area contributed by atoms with Gasteiger partial charge in [-0.05, 0) is 32.9 Å². The first-order valence-electron chi connectivity index (χ1n) is 5.43. The second-order valence-electron chi connectivity index (χ2n) is 4.68. The molecule has 4 heteroatoms. The largest absolute Gasteiger partial charge is 0.496 e. The van der Waals surface area contributed by atoms with Crippen LogP contribution >= 0.6 is 15.9 Å². The lowest BCUT2D eigenvalue weighted by Gasteiger charge is -2.24. The Morgan fingerprint density at radius 1 is 1.47 bits per heavy atom. The van der Waals surface area contributed by atoms with Crippen molar-refractivity contribution in [3.05, 3.63) is 29.3 Å². The van der Waals surface area contributed by atoms with Gasteiger partial charge in [-0.3, -0.25) is 4.79 Å². The maximum atomic E-state index is 12.1. The minimum absolute atomic E-state index is 0.116. The number of hydrogen-bond acceptors (Lipinski definition) is 2. The van der Waals surface area contributed by atoms with Gasteiger partial charge >= 0.3 is 0 Å². The SMILES string of the molecule is COc1ccc(C)cc1C(=O)NC(C)(C)CBr. The van der Waals surface area contributed by atoms with Crippen LogP contribution < -0.4 is 10.1 Å². The van der Waals surface area contributed by atoms with Crippen LogP contribution in [0.4, 0.5) is 0 Å². The molecule has 0 saturated heterocycles. The number of benzene rings is 1. The number of aryl methyl sites for hydroxylation is 1. The number of carbonyl (C=O) groups is 1. The molecule has 0 bridgehead atoms. The molecule has 0 heterocycles. The molecule has 1 aromatic rings. The molecule has 94 valence electrons. The van der Waals surface area contributed by atoms with Crippen molar-refractivity contribution < 1.29 is 9.53 Å². The number of ether oxygens (including phenoxy) is 1. The average molecular weight is 300 g/mol. The minimum atomic E-state index is -0.286. The van der Waals surface area contributed by atoms with Crippen LogP contribution in [0.5, 0.6) is 5.75 Å². The molecule has 1 aromatic carbocycles. The Hall–Kier alpha value is -1.03. The summed E-state index contributed by atoms with van der Waals surface area (Å²) in [4.78, 5) is 12.1. The Labute approximate surface area is 111 Å². The molecule has 1 amide bonds. The summed E-state index contributed by atoms with van der Waals surface area (Å²) in [7, 11) is 1.57. The van der Waals surface area contributed by atoms with E-state index in [0.29, 0.717) is 16.6 Å². The van der Waals surface area contributed by atoms with Crippen molar-refractivity contribution in [2.24, 2.45) is 0 Å². The summed E-state index contributed by atoms with van der Waals surface area (Å²) < 4.78 is 5.20. The highest BCUT2D eigenvalue weighted by molar-refractivity contribution is 9.09. The first kappa shape index (κ1) is 14.0. The first-order chi connectivity index (χ1) is 7.89. The lowest BCUT2D eigenvalue weighted by Crippen LogP contribution is -2.44. The zero-order valence-corrected chi connectivity index (χ0v) is 12.2. The van der Waals surface area contributed by atoms with Gasteiger partial charge in [-0.15, -0.1) is 0 Å². The van der Waals surface area contributed by atoms with Gasteiger partial charge in [-0.25, -0.2) is 0 Å². The molecule has 1 rings (SSSR count). The Morgan fingerprint density at radius 2 is 2.12 bits per heavy atom. The fraction of sp³-hybridized carbons (Fsp3) is 0.462. The van der Waals surface area contributed by atoms with Crippen molar-refractivity contribution >= 4 is 21.8 Å². The Kier molecular flexibility index (Phi) is 4.57. The van der Waals surface area contributed by atoms with Crippen LogP contribution in [0.2, 0.25) is 0 Å². The van der Waals surface area contributed by atoms with E-state index >= 15 is 0 Å². The van der Waals surface area contributed by atoms with Crippen molar-refractivity contribution in [1.82, 2.24) is 5.32 Å². The molecule has 0 aliphatic rings. The van der Waals surface area contributed by atoms with Gasteiger partial charge in [0.1, 0.15) is 5.75 Å². The summed E-state index contributed by atoms with van der Waals surface area (Å²) >= 11 is 3.38. The molecule has 0 spiro atoms. The van der Waals surface area contributed by atoms with Crippen LogP contribution in [-0.2, 0) is 0 Å². The van der Waals surface area contributed by atoms with Gasteiger partial charge in [0.25, 0.3) is 5.91 Å². The molecule has 0 saturated carbocycles. The van der Waals surface area contributed by atoms with Gasteiger partial charge in [-0.1, -0.05) is 27.6 Å². The van der Waals surface area contributed by atoms with Crippen LogP contribution in [0.25, 0.3) is 0 Å². The molecule has 3 nitrogen and oxygen atoms in total. The van der Waals surface area contributed by atoms with Gasteiger partial charge < -0.3 is 10.1 Å². The molecule has 0 aliphatic carbocycles. The average Bonchev–Trinajstić information content (AvgIpc) is 2.28. The zero-order chi connectivity index (χ0) is 13.1. The summed E-state index contributed by atoms with van der Waals surface area (Å²) in [6.07, 6.45) is 0. The summed E-state index contributed by atoms with van der Waals surface area (Å²) in [5.74, 6) is 0.480. The fourth-order valence-electron chi connectivity index (χ4n) is 1.41. The molecule has 0 atom stereocenters. The third-order valence-electron chi connectivity index (χ3n) is 2.39. The number of alkyl halides is 1. The fourth-order valence-corrected chi connectivity index (χ4v) is 1.55. The van der Waals surface area contributed by atoms with Crippen molar-refractivity contribution in [3.63, 3.8) is 0 Å². The number of halogens is 1. The normalized spacial score (nSPS) is 11.1. The smallest absolute Gasteiger partial charge is 0.255 e. The van der Waals surface area contributed by atoms with E-state index < -0.39 is 0 Å². The van der Waals surface area contributed by atoms with Gasteiger partial charge in [0.15, 0.2) is 0 Å². The summed E-state index contributed by atoms with van der Waals surface area (Å²) in [6, 6.07) is 5.56. The number of rotatable bonds is 4. The molecule has 0 aliphatic heterocycles. The molecule has 0 fully saturated rings. The van der Waals surface area contributed by atoms with E-state index in [1.807, 2.05) is 39.0 Å². The third kappa shape index (κ3) is 3.73. The van der Waals surface area contributed by atoms with Crippen LogP contribution in [0.1, 0.15) is 29.8 Å². The predicted molar refractivity (Wildman–Crippen MR) is 73.1 cm³/mol. The van der Waals surface area contributed by atoms with Crippen LogP contribution in [0.3, 0.4) is 0 Å². The Balaban J connectivity index is 2.99. The van der Waals surface area contributed by atoms with Crippen LogP contribution in [0, 0.1) is 6.92 Å². The van der Waals surface area contributed by atoms with Gasteiger partial charge in [0, 0.05) is 10.9 Å². The summed E-state index contributed by atoms with van der Waals surface area (Å²) in [5.41, 5.74) is 1.32. The number of carbonyl (C=O) groups excluding carboxylic acids is 1. The van der Waals surface area contributed by atoms with Crippen molar-refractivity contribution in [1.29, 1.82) is 0 Å². The standard InChI is InChI=1S/C13H18BrNO2/c1-9-5-6-11(17-4)10(7-9)12(16)15-13(2,3)8-14/h5-7H,8H2,1-4H3,(H,15,16). The molecule has 0 unspecified atom stereocenters. The first-order valence-corrected chi connectivity index (χ1v) is 6.55. The molecule has 17 heavy (non-hydrogen) atoms. The zero-order valence-electron chi connectivity index (χ0n) is 10.6. The van der Waals surface area contributed by atoms with E-state index in [1.54, 1.807) is 7.11 Å². The van der Waals surface area contributed by atoms with E-state index in [4.69, 9.17) is 4.74 Å². The minimum Gasteiger partial charge on any atom is -0.496 e. The predicted octanol–water partition coefficient (Wildman–Crippen LogP) is 2.91. The highest BCUT2D eigenvalue weighted by Gasteiger charge is 2.21. The highest BCUT2D eigenvalue weighted by Crippen LogP contribution is 2.20. The summed E-state index contributed by atoms with van der Waals surface area (Å²) in [6.45, 7) is 5.87. The molecular weight excluding hydrogens is 282 g/mol. The number of methoxy groups -OCH3 is 1. The van der Waals surface area contributed by atoms with Gasteiger partial charge in [-0.2, -0.15) is 0 Å². The van der Waals surface area contributed by atoms with Crippen LogP contribution in [0.15, 0.2) is 18.2 Å². The lowest BCUT2D eigenvalue weighted by molar-refractivity contribution is 0.0918. The van der Waals surface area contributed by atoms with E-state index in [0.717, 1.165) is 5.56 Å². The summed E-state index contributed by atoms with van der Waals surface area (Å²) in [5, 5.41) is 3.65. The molecule has 0 aromatic heterocycles. The second-order valence-corrected chi connectivity index (χ2v) is 5.24. The maximum Gasteiger partial charge on any atom is 0.255 e. The monoisotopic (exact) mass is 299 g/mol. The van der Waals surface area contributed by atoms with E-state index in [2.05, 4.69) is 21.2 Å². The van der Waals surface area contributed by atoms with Crippen molar-refractivity contribution in [2.45, 2.75) is 26.3 Å². The lowest BCUT2D eigenvalue weighted by atomic mass is 10.1. The number of nitrogens with one attached hydrogen (secondary N) is 1. The topological polar surface area (TPSA) is 38.3 Å². The van der Waals surface area contributed by atoms with Crippen molar-refractivity contribution in [3.8, 4) is 5.75 Å².